The van der Waals surface area contributed by atoms with Crippen LogP contribution in [0.15, 0.2) is 151 Å². The van der Waals surface area contributed by atoms with E-state index in [2.05, 4.69) is 16.4 Å². The minimum Gasteiger partial charge on any atom is -0.763 e. The lowest BCUT2D eigenvalue weighted by Gasteiger charge is -2.28. The van der Waals surface area contributed by atoms with Crippen LogP contribution in [0.4, 0.5) is 0 Å². The van der Waals surface area contributed by atoms with Gasteiger partial charge in [0.2, 0.25) is 6.04 Å². The Kier molecular flexibility index (Phi) is 11.1. The largest absolute Gasteiger partial charge is 0.763 e. The van der Waals surface area contributed by atoms with Crippen LogP contribution in [0.3, 0.4) is 0 Å². The van der Waals surface area contributed by atoms with Crippen molar-refractivity contribution in [2.45, 2.75) is 12.0 Å². The summed E-state index contributed by atoms with van der Waals surface area (Å²) < 4.78 is 13.3. The highest BCUT2D eigenvalue weighted by Gasteiger charge is 2.46. The first-order chi connectivity index (χ1) is 25.3. The molecule has 0 spiro atoms. The normalized spacial score (nSPS) is 14.9. The van der Waals surface area contributed by atoms with Gasteiger partial charge in [0.25, 0.3) is 11.8 Å². The molecule has 2 atom stereocenters. The molecule has 6 aromatic rings. The summed E-state index contributed by atoms with van der Waals surface area (Å²) in [5.74, 6) is 2.97. The molecule has 0 bridgehead atoms. The second-order valence-electron chi connectivity index (χ2n) is 11.3. The molecule has 4 aromatic carbocycles. The Morgan fingerprint density at radius 2 is 1.25 bits per heavy atom. The number of benzene rings is 4. The van der Waals surface area contributed by atoms with E-state index in [0.29, 0.717) is 33.9 Å². The quantitative estimate of drug-likeness (QED) is 0.0578. The van der Waals surface area contributed by atoms with Gasteiger partial charge in [-0.1, -0.05) is 89.9 Å². The fourth-order valence-corrected chi connectivity index (χ4v) is 6.06. The highest BCUT2D eigenvalue weighted by molar-refractivity contribution is 6.33. The number of ether oxygens (including phenoxy) is 2. The van der Waals surface area contributed by atoms with Gasteiger partial charge < -0.3 is 14.9 Å². The van der Waals surface area contributed by atoms with Crippen molar-refractivity contribution in [3.63, 3.8) is 0 Å². The maximum absolute atomic E-state index is 12.7. The third-order valence-corrected chi connectivity index (χ3v) is 8.44. The zero-order chi connectivity index (χ0) is 36.5. The van der Waals surface area contributed by atoms with Crippen LogP contribution < -0.4 is 19.4 Å². The molecule has 9 nitrogen and oxygen atoms in total. The number of pyridine rings is 2. The summed E-state index contributed by atoms with van der Waals surface area (Å²) >= 11 is 11.9. The lowest BCUT2D eigenvalue weighted by molar-refractivity contribution is -0.711. The number of piperidine rings is 1. The first kappa shape index (κ1) is 35.3. The van der Waals surface area contributed by atoms with Gasteiger partial charge in [-0.3, -0.25) is 20.8 Å². The molecule has 0 unspecified atom stereocenters. The molecule has 1 aliphatic heterocycles. The van der Waals surface area contributed by atoms with Gasteiger partial charge >= 0.3 is 0 Å². The summed E-state index contributed by atoms with van der Waals surface area (Å²) in [6.07, 6.45) is 3.49. The number of carbonyl (C=O) groups is 2. The molecule has 1 N–H and O–H groups in total. The van der Waals surface area contributed by atoms with Crippen LogP contribution >= 0.6 is 23.2 Å². The Balaban J connectivity index is 0.000000183. The predicted molar refractivity (Wildman–Crippen MR) is 197 cm³/mol. The number of hydrogen-bond donors (Lipinski definition) is 1. The minimum absolute atomic E-state index is 0.00248. The van der Waals surface area contributed by atoms with Crippen molar-refractivity contribution in [1.82, 2.24) is 10.3 Å². The number of carbonyl (C=O) groups excluding carboxylic acids is 2. The van der Waals surface area contributed by atoms with Gasteiger partial charge in [0.05, 0.1) is 17.1 Å². The number of nitriles is 1. The molecule has 11 heteroatoms. The van der Waals surface area contributed by atoms with E-state index in [4.69, 9.17) is 32.7 Å². The lowest BCUT2D eigenvalue weighted by Crippen LogP contribution is -2.57. The molecule has 0 saturated carbocycles. The highest BCUT2D eigenvalue weighted by Crippen LogP contribution is 2.36. The molecular weight excluding hydrogens is 697 g/mol. The molecule has 1 saturated heterocycles. The smallest absolute Gasteiger partial charge is 0.296 e. The SMILES string of the molecule is N#Cc1c(-c2ccc(Oc3ccccc3)cc2)cc(Cl)nc1Cl.[N-]=C=C1C(=O)NC(=O)[C@H]([n+]2ccccc2)[C@H]1c1ccc(Oc2ccccc2)cc1. The summed E-state index contributed by atoms with van der Waals surface area (Å²) in [6.45, 7) is 0. The van der Waals surface area contributed by atoms with Crippen molar-refractivity contribution in [1.29, 1.82) is 5.26 Å². The van der Waals surface area contributed by atoms with E-state index in [1.807, 2.05) is 96.9 Å². The highest BCUT2D eigenvalue weighted by atomic mass is 35.5. The van der Waals surface area contributed by atoms with E-state index in [1.54, 1.807) is 59.4 Å². The molecule has 7 rings (SSSR count). The number of nitrogens with zero attached hydrogens (tertiary/aromatic N) is 4. The molecule has 2 amide bonds. The number of para-hydroxylation sites is 2. The molecule has 52 heavy (non-hydrogen) atoms. The second-order valence-corrected chi connectivity index (χ2v) is 12.0. The monoisotopic (exact) mass is 723 g/mol. The summed E-state index contributed by atoms with van der Waals surface area (Å²) in [6, 6.07) is 41.7. The van der Waals surface area contributed by atoms with Crippen LogP contribution in [0.5, 0.6) is 23.0 Å². The zero-order valence-corrected chi connectivity index (χ0v) is 28.7. The number of nitrogens with one attached hydrogen (secondary N) is 1. The van der Waals surface area contributed by atoms with E-state index < -0.39 is 23.8 Å². The molecular formula is C41H27Cl2N5O4. The van der Waals surface area contributed by atoms with Crippen LogP contribution in [0.2, 0.25) is 10.3 Å². The predicted octanol–water partition coefficient (Wildman–Crippen LogP) is 8.63. The Hall–Kier alpha value is -6.56. The maximum Gasteiger partial charge on any atom is 0.296 e. The minimum atomic E-state index is -0.746. The Labute approximate surface area is 309 Å². The molecule has 254 valence electrons. The Bertz CT molecular complexity index is 2290. The standard InChI is InChI=1S/C23H17N3O3.C18H10Cl2N2O/c24-15-19-20(21(23(28)25-22(19)27)26-13-5-2-6-14-26)16-9-11-18(12-10-16)29-17-7-3-1-4-8-17;19-17-10-15(16(11-21)18(20)22-17)12-6-8-14(9-7-12)23-13-4-2-1-3-5-13/h1-14,20-21H,(H,25,27,28);1-10H/t20-,21+;/m0./s1. The van der Waals surface area contributed by atoms with Gasteiger partial charge in [0.1, 0.15) is 39.4 Å². The Morgan fingerprint density at radius 3 is 1.79 bits per heavy atom. The maximum atomic E-state index is 12.7. The lowest BCUT2D eigenvalue weighted by atomic mass is 9.81. The molecule has 1 aliphatic rings. The van der Waals surface area contributed by atoms with E-state index in [9.17, 15) is 20.3 Å². The van der Waals surface area contributed by atoms with Crippen molar-refractivity contribution in [3.05, 3.63) is 178 Å². The number of amides is 2. The van der Waals surface area contributed by atoms with Crippen LogP contribution in [-0.2, 0) is 9.59 Å². The van der Waals surface area contributed by atoms with Crippen LogP contribution in [-0.4, -0.2) is 22.7 Å². The summed E-state index contributed by atoms with van der Waals surface area (Å²) in [5.41, 5.74) is 2.44. The third kappa shape index (κ3) is 8.24. The van der Waals surface area contributed by atoms with Crippen molar-refractivity contribution in [2.24, 2.45) is 0 Å². The van der Waals surface area contributed by atoms with Gasteiger partial charge in [-0.15, -0.1) is 0 Å². The Morgan fingerprint density at radius 1 is 0.731 bits per heavy atom. The fourth-order valence-electron chi connectivity index (χ4n) is 5.59. The molecule has 2 aromatic heterocycles. The molecule has 0 aliphatic carbocycles. The number of rotatable bonds is 7. The zero-order valence-electron chi connectivity index (χ0n) is 27.2. The van der Waals surface area contributed by atoms with Crippen LogP contribution in [0, 0.1) is 11.3 Å². The van der Waals surface area contributed by atoms with Gasteiger partial charge in [0.15, 0.2) is 12.4 Å². The van der Waals surface area contributed by atoms with Gasteiger partial charge in [-0.05, 0) is 65.7 Å². The number of halogens is 2. The average Bonchev–Trinajstić information content (AvgIpc) is 3.16. The third-order valence-electron chi connectivity index (χ3n) is 7.98. The van der Waals surface area contributed by atoms with Crippen molar-refractivity contribution in [3.8, 4) is 40.2 Å². The molecule has 1 fully saturated rings. The summed E-state index contributed by atoms with van der Waals surface area (Å²) in [4.78, 5) is 28.8. The first-order valence-electron chi connectivity index (χ1n) is 15.8. The fraction of sp³-hybridized carbons (Fsp3) is 0.0488. The molecule has 3 heterocycles. The van der Waals surface area contributed by atoms with Crippen LogP contribution in [0.25, 0.3) is 16.5 Å². The molecule has 0 radical (unpaired) electrons. The van der Waals surface area contributed by atoms with Crippen LogP contribution in [0.1, 0.15) is 23.1 Å². The summed E-state index contributed by atoms with van der Waals surface area (Å²) in [5, 5.41) is 21.5. The number of imide groups is 1. The van der Waals surface area contributed by atoms with E-state index in [1.165, 1.54) is 0 Å². The van der Waals surface area contributed by atoms with Gasteiger partial charge in [-0.25, -0.2) is 4.98 Å². The van der Waals surface area contributed by atoms with E-state index >= 15 is 0 Å². The summed E-state index contributed by atoms with van der Waals surface area (Å²) in [7, 11) is 0. The van der Waals surface area contributed by atoms with E-state index in [0.717, 1.165) is 11.3 Å². The number of hydrogen-bond acceptors (Lipinski definition) is 6. The van der Waals surface area contributed by atoms with Gasteiger partial charge in [-0.2, -0.15) is 9.83 Å². The second kappa shape index (κ2) is 16.4. The van der Waals surface area contributed by atoms with Crippen molar-refractivity contribution in [2.75, 3.05) is 0 Å². The number of aromatic nitrogens is 2. The van der Waals surface area contributed by atoms with Crippen molar-refractivity contribution < 1.29 is 23.6 Å². The first-order valence-corrected chi connectivity index (χ1v) is 16.6. The van der Waals surface area contributed by atoms with Gasteiger partial charge in [0, 0.05) is 17.7 Å². The topological polar surface area (TPSA) is 127 Å². The average molecular weight is 725 g/mol. The van der Waals surface area contributed by atoms with Crippen molar-refractivity contribution >= 4 is 40.9 Å². The van der Waals surface area contributed by atoms with E-state index in [-0.39, 0.29) is 15.9 Å².